The maximum absolute atomic E-state index is 13.0. The molecule has 0 heterocycles. The first-order chi connectivity index (χ1) is 9.47. The molecule has 2 rings (SSSR count). The van der Waals surface area contributed by atoms with Gasteiger partial charge in [-0.3, -0.25) is 4.79 Å². The molecule has 2 aromatic carbocycles. The van der Waals surface area contributed by atoms with E-state index in [9.17, 15) is 9.18 Å². The largest absolute Gasteiger partial charge is 0.337 e. The average molecular weight is 292 g/mol. The molecule has 0 bridgehead atoms. The van der Waals surface area contributed by atoms with Crippen LogP contribution in [0.3, 0.4) is 0 Å². The first-order valence-electron chi connectivity index (χ1n) is 6.23. The Morgan fingerprint density at radius 2 is 1.85 bits per heavy atom. The van der Waals surface area contributed by atoms with Gasteiger partial charge in [0.1, 0.15) is 5.82 Å². The Hall–Kier alpha value is -1.87. The highest BCUT2D eigenvalue weighted by Crippen LogP contribution is 2.19. The van der Waals surface area contributed by atoms with E-state index in [-0.39, 0.29) is 11.7 Å². The van der Waals surface area contributed by atoms with Crippen molar-refractivity contribution in [1.29, 1.82) is 0 Å². The van der Waals surface area contributed by atoms with Gasteiger partial charge >= 0.3 is 0 Å². The van der Waals surface area contributed by atoms with Crippen LogP contribution in [0.15, 0.2) is 42.5 Å². The van der Waals surface area contributed by atoms with Crippen molar-refractivity contribution >= 4 is 17.5 Å². The van der Waals surface area contributed by atoms with E-state index in [4.69, 9.17) is 11.6 Å². The van der Waals surface area contributed by atoms with Gasteiger partial charge in [0, 0.05) is 24.2 Å². The number of hydrogen-bond acceptors (Lipinski definition) is 1. The topological polar surface area (TPSA) is 20.3 Å². The zero-order valence-corrected chi connectivity index (χ0v) is 12.1. The molecular weight excluding hydrogens is 277 g/mol. The molecule has 0 aliphatic carbocycles. The summed E-state index contributed by atoms with van der Waals surface area (Å²) in [6, 6.07) is 11.6. The Labute approximate surface area is 122 Å². The summed E-state index contributed by atoms with van der Waals surface area (Å²) >= 11 is 5.97. The molecule has 4 heteroatoms. The second-order valence-corrected chi connectivity index (χ2v) is 5.17. The van der Waals surface area contributed by atoms with Crippen LogP contribution in [-0.2, 0) is 6.54 Å². The summed E-state index contributed by atoms with van der Waals surface area (Å²) in [5.74, 6) is -0.475. The first kappa shape index (κ1) is 14.5. The summed E-state index contributed by atoms with van der Waals surface area (Å²) in [6.07, 6.45) is 0. The predicted molar refractivity (Wildman–Crippen MR) is 78.4 cm³/mol. The number of rotatable bonds is 3. The van der Waals surface area contributed by atoms with Crippen LogP contribution < -0.4 is 0 Å². The first-order valence-corrected chi connectivity index (χ1v) is 6.61. The van der Waals surface area contributed by atoms with Gasteiger partial charge in [-0.05, 0) is 36.8 Å². The van der Waals surface area contributed by atoms with E-state index in [1.807, 2.05) is 19.1 Å². The number of aryl methyl sites for hydroxylation is 1. The Morgan fingerprint density at radius 3 is 2.45 bits per heavy atom. The maximum atomic E-state index is 13.0. The van der Waals surface area contributed by atoms with Crippen LogP contribution in [0.4, 0.5) is 4.39 Å². The van der Waals surface area contributed by atoms with Crippen LogP contribution in [0.2, 0.25) is 5.02 Å². The molecule has 20 heavy (non-hydrogen) atoms. The Balaban J connectivity index is 2.13. The van der Waals surface area contributed by atoms with E-state index in [1.165, 1.54) is 12.1 Å². The number of nitrogens with zero attached hydrogens (tertiary/aromatic N) is 1. The second-order valence-electron chi connectivity index (χ2n) is 4.76. The number of halogens is 2. The van der Waals surface area contributed by atoms with Crippen LogP contribution in [0, 0.1) is 12.7 Å². The minimum atomic E-state index is -0.383. The van der Waals surface area contributed by atoms with E-state index in [1.54, 1.807) is 30.1 Å². The van der Waals surface area contributed by atoms with E-state index < -0.39 is 0 Å². The molecule has 0 N–H and O–H groups in total. The minimum Gasteiger partial charge on any atom is -0.337 e. The number of carbonyl (C=O) groups is 1. The van der Waals surface area contributed by atoms with E-state index in [2.05, 4.69) is 0 Å². The van der Waals surface area contributed by atoms with Crippen LogP contribution in [-0.4, -0.2) is 17.9 Å². The van der Waals surface area contributed by atoms with Crippen LogP contribution in [0.25, 0.3) is 0 Å². The molecule has 0 atom stereocenters. The molecule has 0 aromatic heterocycles. The quantitative estimate of drug-likeness (QED) is 0.835. The van der Waals surface area contributed by atoms with Gasteiger partial charge in [0.15, 0.2) is 0 Å². The molecule has 0 radical (unpaired) electrons. The zero-order chi connectivity index (χ0) is 14.7. The molecule has 104 valence electrons. The summed E-state index contributed by atoms with van der Waals surface area (Å²) < 4.78 is 13.0. The Bertz CT molecular complexity index is 625. The summed E-state index contributed by atoms with van der Waals surface area (Å²) in [7, 11) is 1.70. The predicted octanol–water partition coefficient (Wildman–Crippen LogP) is 4.06. The van der Waals surface area contributed by atoms with Crippen LogP contribution in [0.5, 0.6) is 0 Å². The molecule has 0 saturated carbocycles. The summed E-state index contributed by atoms with van der Waals surface area (Å²) in [6.45, 7) is 2.31. The fraction of sp³-hybridized carbons (Fsp3) is 0.188. The molecule has 1 amide bonds. The standard InChI is InChI=1S/C16H15ClFNO/c1-11-3-5-12(6-4-11)16(20)19(2)10-13-7-8-14(18)9-15(13)17/h3-9H,10H2,1-2H3. The fourth-order valence-electron chi connectivity index (χ4n) is 1.89. The van der Waals surface area contributed by atoms with Crippen molar-refractivity contribution in [2.24, 2.45) is 0 Å². The molecular formula is C16H15ClFNO. The zero-order valence-electron chi connectivity index (χ0n) is 11.4. The van der Waals surface area contributed by atoms with Crippen LogP contribution >= 0.6 is 11.6 Å². The van der Waals surface area contributed by atoms with Crippen molar-refractivity contribution in [1.82, 2.24) is 4.90 Å². The molecule has 0 spiro atoms. The lowest BCUT2D eigenvalue weighted by Crippen LogP contribution is -2.26. The van der Waals surface area contributed by atoms with E-state index in [0.717, 1.165) is 11.1 Å². The Morgan fingerprint density at radius 1 is 1.20 bits per heavy atom. The molecule has 0 fully saturated rings. The third kappa shape index (κ3) is 3.36. The number of carbonyl (C=O) groups excluding carboxylic acids is 1. The van der Waals surface area contributed by atoms with Crippen molar-refractivity contribution in [2.45, 2.75) is 13.5 Å². The molecule has 2 aromatic rings. The van der Waals surface area contributed by atoms with E-state index >= 15 is 0 Å². The summed E-state index contributed by atoms with van der Waals surface area (Å²) in [4.78, 5) is 13.8. The highest BCUT2D eigenvalue weighted by Gasteiger charge is 2.13. The van der Waals surface area contributed by atoms with Gasteiger partial charge in [0.2, 0.25) is 0 Å². The highest BCUT2D eigenvalue weighted by atomic mass is 35.5. The molecule has 2 nitrogen and oxygen atoms in total. The smallest absolute Gasteiger partial charge is 0.253 e. The van der Waals surface area contributed by atoms with Gasteiger partial charge in [0.25, 0.3) is 5.91 Å². The monoisotopic (exact) mass is 291 g/mol. The maximum Gasteiger partial charge on any atom is 0.253 e. The number of amides is 1. The summed E-state index contributed by atoms with van der Waals surface area (Å²) in [5.41, 5.74) is 2.44. The van der Waals surface area contributed by atoms with Gasteiger partial charge in [-0.15, -0.1) is 0 Å². The van der Waals surface area contributed by atoms with Gasteiger partial charge in [0.05, 0.1) is 0 Å². The van der Waals surface area contributed by atoms with Gasteiger partial charge < -0.3 is 4.90 Å². The van der Waals surface area contributed by atoms with Gasteiger partial charge in [-0.2, -0.15) is 0 Å². The fourth-order valence-corrected chi connectivity index (χ4v) is 2.12. The van der Waals surface area contributed by atoms with E-state index in [0.29, 0.717) is 17.1 Å². The lowest BCUT2D eigenvalue weighted by Gasteiger charge is -2.18. The SMILES string of the molecule is Cc1ccc(C(=O)N(C)Cc2ccc(F)cc2Cl)cc1. The normalized spacial score (nSPS) is 10.4. The number of benzene rings is 2. The molecule has 0 saturated heterocycles. The molecule has 0 aliphatic rings. The third-order valence-electron chi connectivity index (χ3n) is 3.07. The van der Waals surface area contributed by atoms with Crippen molar-refractivity contribution < 1.29 is 9.18 Å². The highest BCUT2D eigenvalue weighted by molar-refractivity contribution is 6.31. The van der Waals surface area contributed by atoms with Gasteiger partial charge in [-0.1, -0.05) is 35.4 Å². The Kier molecular flexibility index (Phi) is 4.40. The van der Waals surface area contributed by atoms with Crippen molar-refractivity contribution in [3.05, 3.63) is 70.0 Å². The van der Waals surface area contributed by atoms with Crippen molar-refractivity contribution in [2.75, 3.05) is 7.05 Å². The average Bonchev–Trinajstić information content (AvgIpc) is 2.42. The van der Waals surface area contributed by atoms with Gasteiger partial charge in [-0.25, -0.2) is 4.39 Å². The molecule has 0 aliphatic heterocycles. The second kappa shape index (κ2) is 6.06. The van der Waals surface area contributed by atoms with Crippen molar-refractivity contribution in [3.63, 3.8) is 0 Å². The lowest BCUT2D eigenvalue weighted by molar-refractivity contribution is 0.0785. The third-order valence-corrected chi connectivity index (χ3v) is 3.42. The molecule has 0 unspecified atom stereocenters. The summed E-state index contributed by atoms with van der Waals surface area (Å²) in [5, 5.41) is 0.327. The lowest BCUT2D eigenvalue weighted by atomic mass is 10.1. The van der Waals surface area contributed by atoms with Crippen molar-refractivity contribution in [3.8, 4) is 0 Å². The minimum absolute atomic E-state index is 0.0922. The number of hydrogen-bond donors (Lipinski definition) is 0. The van der Waals surface area contributed by atoms with Crippen LogP contribution in [0.1, 0.15) is 21.5 Å².